The maximum absolute atomic E-state index is 13.4. The Labute approximate surface area is 155 Å². The fourth-order valence-electron chi connectivity index (χ4n) is 2.62. The second-order valence-electron chi connectivity index (χ2n) is 5.63. The van der Waals surface area contributed by atoms with Gasteiger partial charge in [-0.2, -0.15) is 0 Å². The van der Waals surface area contributed by atoms with E-state index in [1.807, 2.05) is 13.0 Å². The van der Waals surface area contributed by atoms with E-state index < -0.39 is 5.25 Å². The van der Waals surface area contributed by atoms with Gasteiger partial charge >= 0.3 is 0 Å². The van der Waals surface area contributed by atoms with Crippen LogP contribution in [0.1, 0.15) is 13.3 Å². The zero-order valence-corrected chi connectivity index (χ0v) is 15.0. The molecular formula is C19H18FN3O2S. The molecule has 3 rings (SSSR count). The average molecular weight is 371 g/mol. The van der Waals surface area contributed by atoms with Crippen molar-refractivity contribution in [1.82, 2.24) is 0 Å². The molecule has 2 amide bonds. The third kappa shape index (κ3) is 4.11. The Balaban J connectivity index is 1.75. The van der Waals surface area contributed by atoms with Gasteiger partial charge < -0.3 is 5.32 Å². The average Bonchev–Trinajstić information content (AvgIpc) is 2.89. The highest BCUT2D eigenvalue weighted by Gasteiger charge is 2.40. The van der Waals surface area contributed by atoms with E-state index in [-0.39, 0.29) is 24.1 Å². The fraction of sp³-hybridized carbons (Fsp3) is 0.211. The van der Waals surface area contributed by atoms with E-state index in [0.29, 0.717) is 23.1 Å². The highest BCUT2D eigenvalue weighted by molar-refractivity contribution is 8.15. The lowest BCUT2D eigenvalue weighted by Crippen LogP contribution is -2.31. The van der Waals surface area contributed by atoms with Gasteiger partial charge in [0.05, 0.1) is 5.69 Å². The predicted molar refractivity (Wildman–Crippen MR) is 103 cm³/mol. The normalized spacial score (nSPS) is 17.7. The first-order chi connectivity index (χ1) is 12.6. The molecule has 2 aromatic carbocycles. The number of hydrogen-bond donors (Lipinski definition) is 1. The lowest BCUT2D eigenvalue weighted by atomic mass is 10.3. The first-order valence-electron chi connectivity index (χ1n) is 8.24. The monoisotopic (exact) mass is 371 g/mol. The number of thioether (sulfide) groups is 1. The molecule has 0 aromatic heterocycles. The fourth-order valence-corrected chi connectivity index (χ4v) is 3.70. The van der Waals surface area contributed by atoms with Crippen molar-refractivity contribution >= 4 is 40.1 Å². The number of anilines is 2. The van der Waals surface area contributed by atoms with Crippen molar-refractivity contribution in [2.24, 2.45) is 4.99 Å². The summed E-state index contributed by atoms with van der Waals surface area (Å²) in [6, 6.07) is 14.9. The highest BCUT2D eigenvalue weighted by Crippen LogP contribution is 2.30. The van der Waals surface area contributed by atoms with Gasteiger partial charge in [-0.3, -0.25) is 14.6 Å². The van der Waals surface area contributed by atoms with E-state index in [4.69, 9.17) is 0 Å². The van der Waals surface area contributed by atoms with Crippen LogP contribution in [0.3, 0.4) is 0 Å². The summed E-state index contributed by atoms with van der Waals surface area (Å²) >= 11 is 1.19. The lowest BCUT2D eigenvalue weighted by molar-refractivity contribution is -0.121. The van der Waals surface area contributed by atoms with Gasteiger partial charge in [0.25, 0.3) is 0 Å². The van der Waals surface area contributed by atoms with Gasteiger partial charge in [0.2, 0.25) is 11.8 Å². The van der Waals surface area contributed by atoms with E-state index >= 15 is 0 Å². The molecule has 0 unspecified atom stereocenters. The van der Waals surface area contributed by atoms with Gasteiger partial charge in [0.15, 0.2) is 5.17 Å². The highest BCUT2D eigenvalue weighted by atomic mass is 32.2. The first kappa shape index (κ1) is 18.1. The summed E-state index contributed by atoms with van der Waals surface area (Å²) in [7, 11) is 0. The minimum atomic E-state index is -0.561. The first-order valence-corrected chi connectivity index (χ1v) is 9.12. The number of aliphatic imine (C=N–C) groups is 1. The molecule has 1 aliphatic rings. The number of carbonyl (C=O) groups excluding carboxylic acids is 2. The number of hydrogen-bond acceptors (Lipinski definition) is 4. The van der Waals surface area contributed by atoms with Crippen LogP contribution < -0.4 is 10.2 Å². The summed E-state index contributed by atoms with van der Waals surface area (Å²) in [4.78, 5) is 30.6. The minimum Gasteiger partial charge on any atom is -0.335 e. The topological polar surface area (TPSA) is 61.8 Å². The third-order valence-corrected chi connectivity index (χ3v) is 4.86. The van der Waals surface area contributed by atoms with Crippen molar-refractivity contribution in [2.45, 2.75) is 18.6 Å². The Morgan fingerprint density at radius 1 is 1.23 bits per heavy atom. The van der Waals surface area contributed by atoms with Crippen LogP contribution in [0.4, 0.5) is 15.8 Å². The molecular weight excluding hydrogens is 353 g/mol. The third-order valence-electron chi connectivity index (χ3n) is 3.75. The zero-order chi connectivity index (χ0) is 18.5. The molecule has 26 heavy (non-hydrogen) atoms. The number of nitrogens with one attached hydrogen (secondary N) is 1. The number of para-hydroxylation sites is 1. The Kier molecular flexibility index (Phi) is 5.68. The van der Waals surface area contributed by atoms with Gasteiger partial charge in [-0.05, 0) is 37.3 Å². The number of benzene rings is 2. The number of halogens is 1. The number of amidine groups is 1. The molecule has 2 aromatic rings. The van der Waals surface area contributed by atoms with E-state index in [1.54, 1.807) is 36.4 Å². The Bertz CT molecular complexity index is 842. The van der Waals surface area contributed by atoms with Crippen LogP contribution in [-0.4, -0.2) is 28.8 Å². The van der Waals surface area contributed by atoms with Gasteiger partial charge in [-0.15, -0.1) is 0 Å². The quantitative estimate of drug-likeness (QED) is 0.506. The number of carbonyl (C=O) groups is 2. The van der Waals surface area contributed by atoms with Crippen LogP contribution in [0.25, 0.3) is 0 Å². The number of rotatable bonds is 4. The van der Waals surface area contributed by atoms with Crippen LogP contribution in [0.15, 0.2) is 59.6 Å². The predicted octanol–water partition coefficient (Wildman–Crippen LogP) is 3.68. The second-order valence-corrected chi connectivity index (χ2v) is 6.82. The van der Waals surface area contributed by atoms with Gasteiger partial charge in [0, 0.05) is 18.7 Å². The molecule has 1 aliphatic heterocycles. The summed E-state index contributed by atoms with van der Waals surface area (Å²) < 4.78 is 13.4. The number of nitrogens with zero attached hydrogens (tertiary/aromatic N) is 2. The molecule has 1 heterocycles. The number of amides is 2. The number of imide groups is 1. The van der Waals surface area contributed by atoms with Crippen LogP contribution in [0.5, 0.6) is 0 Å². The SMILES string of the molecule is CCN=C(Nc1cccc(F)c1)S[C@@H]1CC(=O)N(c2ccccc2)C1=O. The zero-order valence-electron chi connectivity index (χ0n) is 14.2. The summed E-state index contributed by atoms with van der Waals surface area (Å²) in [5.41, 5.74) is 1.11. The van der Waals surface area contributed by atoms with E-state index in [0.717, 1.165) is 0 Å². The van der Waals surface area contributed by atoms with Crippen LogP contribution in [-0.2, 0) is 9.59 Å². The molecule has 0 saturated carbocycles. The molecule has 0 aliphatic carbocycles. The molecule has 0 radical (unpaired) electrons. The maximum atomic E-state index is 13.4. The van der Waals surface area contributed by atoms with Crippen LogP contribution in [0, 0.1) is 5.82 Å². The Morgan fingerprint density at radius 2 is 2.00 bits per heavy atom. The summed E-state index contributed by atoms with van der Waals surface area (Å²) in [6.07, 6.45) is 0.103. The molecule has 5 nitrogen and oxygen atoms in total. The summed E-state index contributed by atoms with van der Waals surface area (Å²) in [5.74, 6) is -0.866. The molecule has 1 N–H and O–H groups in total. The molecule has 0 bridgehead atoms. The second kappa shape index (κ2) is 8.14. The molecule has 1 fully saturated rings. The Hall–Kier alpha value is -2.67. The largest absolute Gasteiger partial charge is 0.335 e. The molecule has 134 valence electrons. The van der Waals surface area contributed by atoms with Gasteiger partial charge in [-0.1, -0.05) is 36.0 Å². The molecule has 7 heteroatoms. The van der Waals surface area contributed by atoms with E-state index in [2.05, 4.69) is 10.3 Å². The van der Waals surface area contributed by atoms with Crippen molar-refractivity contribution < 1.29 is 14.0 Å². The van der Waals surface area contributed by atoms with Crippen LogP contribution >= 0.6 is 11.8 Å². The van der Waals surface area contributed by atoms with Gasteiger partial charge in [0.1, 0.15) is 11.1 Å². The lowest BCUT2D eigenvalue weighted by Gasteiger charge is -2.15. The standard InChI is InChI=1S/C19H18FN3O2S/c1-2-21-19(22-14-8-6-7-13(20)11-14)26-16-12-17(24)23(18(16)25)15-9-4-3-5-10-15/h3-11,16H,2,12H2,1H3,(H,21,22)/t16-/m1/s1. The summed E-state index contributed by atoms with van der Waals surface area (Å²) in [6.45, 7) is 2.37. The van der Waals surface area contributed by atoms with Crippen molar-refractivity contribution in [3.8, 4) is 0 Å². The smallest absolute Gasteiger partial charge is 0.247 e. The minimum absolute atomic E-state index is 0.103. The summed E-state index contributed by atoms with van der Waals surface area (Å²) in [5, 5.41) is 2.95. The van der Waals surface area contributed by atoms with Crippen molar-refractivity contribution in [2.75, 3.05) is 16.8 Å². The maximum Gasteiger partial charge on any atom is 0.247 e. The molecule has 1 saturated heterocycles. The van der Waals surface area contributed by atoms with Crippen molar-refractivity contribution in [3.05, 3.63) is 60.4 Å². The van der Waals surface area contributed by atoms with Crippen molar-refractivity contribution in [1.29, 1.82) is 0 Å². The van der Waals surface area contributed by atoms with E-state index in [1.165, 1.54) is 28.8 Å². The molecule has 0 spiro atoms. The van der Waals surface area contributed by atoms with Crippen LogP contribution in [0.2, 0.25) is 0 Å². The Morgan fingerprint density at radius 3 is 2.69 bits per heavy atom. The van der Waals surface area contributed by atoms with Gasteiger partial charge in [-0.25, -0.2) is 9.29 Å². The molecule has 1 atom stereocenters. The van der Waals surface area contributed by atoms with Crippen molar-refractivity contribution in [3.63, 3.8) is 0 Å². The van der Waals surface area contributed by atoms with E-state index in [9.17, 15) is 14.0 Å².